The van der Waals surface area contributed by atoms with Gasteiger partial charge in [-0.3, -0.25) is 9.59 Å². The average Bonchev–Trinajstić information content (AvgIpc) is 2.30. The molecule has 1 heterocycles. The first-order valence-electron chi connectivity index (χ1n) is 6.61. The second-order valence-corrected chi connectivity index (χ2v) is 5.22. The molecular formula is C15H22O4. The number of hydrogen-bond donors (Lipinski definition) is 0. The molecule has 0 aromatic carbocycles. The third-order valence-corrected chi connectivity index (χ3v) is 3.04. The van der Waals surface area contributed by atoms with Crippen LogP contribution < -0.4 is 0 Å². The summed E-state index contributed by atoms with van der Waals surface area (Å²) in [6.07, 6.45) is 7.80. The fourth-order valence-corrected chi connectivity index (χ4v) is 1.98. The van der Waals surface area contributed by atoms with Gasteiger partial charge in [0.25, 0.3) is 5.79 Å². The van der Waals surface area contributed by atoms with Crippen LogP contribution >= 0.6 is 0 Å². The molecule has 4 heteroatoms. The standard InChI is InChI=1S/C15H22O4/c1-5-7-8-9-11-15(10-6-2)12(16)18-14(3,4)19-13(15)17/h6,8-9H,2,5,7,10-11H2,1,3-4H3/b9-8+. The lowest BCUT2D eigenvalue weighted by atomic mass is 9.80. The highest BCUT2D eigenvalue weighted by atomic mass is 16.7. The van der Waals surface area contributed by atoms with E-state index in [0.29, 0.717) is 0 Å². The van der Waals surface area contributed by atoms with Gasteiger partial charge in [0, 0.05) is 13.8 Å². The van der Waals surface area contributed by atoms with Gasteiger partial charge in [-0.2, -0.15) is 0 Å². The summed E-state index contributed by atoms with van der Waals surface area (Å²) in [6, 6.07) is 0. The number of allylic oxidation sites excluding steroid dienone is 3. The summed E-state index contributed by atoms with van der Waals surface area (Å²) in [6.45, 7) is 8.77. The zero-order valence-electron chi connectivity index (χ0n) is 11.9. The van der Waals surface area contributed by atoms with Crippen molar-refractivity contribution in [1.29, 1.82) is 0 Å². The van der Waals surface area contributed by atoms with Crippen molar-refractivity contribution in [3.8, 4) is 0 Å². The van der Waals surface area contributed by atoms with Crippen molar-refractivity contribution in [2.24, 2.45) is 5.41 Å². The number of carbonyl (C=O) groups excluding carboxylic acids is 2. The van der Waals surface area contributed by atoms with Crippen LogP contribution in [-0.2, 0) is 19.1 Å². The largest absolute Gasteiger partial charge is 0.422 e. The van der Waals surface area contributed by atoms with E-state index in [-0.39, 0.29) is 12.8 Å². The van der Waals surface area contributed by atoms with Gasteiger partial charge in [0.1, 0.15) is 0 Å². The Kier molecular flexibility index (Phi) is 4.92. The molecule has 0 radical (unpaired) electrons. The summed E-state index contributed by atoms with van der Waals surface area (Å²) in [4.78, 5) is 24.4. The van der Waals surface area contributed by atoms with Gasteiger partial charge in [-0.25, -0.2) is 0 Å². The van der Waals surface area contributed by atoms with Gasteiger partial charge >= 0.3 is 11.9 Å². The lowest BCUT2D eigenvalue weighted by molar-refractivity contribution is -0.250. The molecule has 0 N–H and O–H groups in total. The maximum absolute atomic E-state index is 12.2. The molecule has 0 aliphatic carbocycles. The minimum absolute atomic E-state index is 0.219. The van der Waals surface area contributed by atoms with Crippen LogP contribution in [0.3, 0.4) is 0 Å². The molecule has 106 valence electrons. The third kappa shape index (κ3) is 3.46. The predicted octanol–water partition coefficient (Wildman–Crippen LogP) is 3.13. The maximum atomic E-state index is 12.2. The van der Waals surface area contributed by atoms with E-state index in [1.54, 1.807) is 19.9 Å². The molecule has 0 aromatic rings. The van der Waals surface area contributed by atoms with Gasteiger partial charge in [-0.15, -0.1) is 6.58 Å². The molecule has 1 rings (SSSR count). The van der Waals surface area contributed by atoms with Crippen LogP contribution in [-0.4, -0.2) is 17.7 Å². The van der Waals surface area contributed by atoms with Crippen molar-refractivity contribution in [2.45, 2.75) is 52.2 Å². The Morgan fingerprint density at radius 3 is 2.16 bits per heavy atom. The Labute approximate surface area is 114 Å². The summed E-state index contributed by atoms with van der Waals surface area (Å²) in [5.74, 6) is -2.25. The van der Waals surface area contributed by atoms with E-state index >= 15 is 0 Å². The molecule has 19 heavy (non-hydrogen) atoms. The van der Waals surface area contributed by atoms with Crippen LogP contribution in [0.25, 0.3) is 0 Å². The number of unbranched alkanes of at least 4 members (excludes halogenated alkanes) is 1. The predicted molar refractivity (Wildman–Crippen MR) is 72.2 cm³/mol. The molecule has 4 nitrogen and oxygen atoms in total. The minimum Gasteiger partial charge on any atom is -0.422 e. The van der Waals surface area contributed by atoms with Crippen molar-refractivity contribution in [3.05, 3.63) is 24.8 Å². The summed E-state index contributed by atoms with van der Waals surface area (Å²) in [5, 5.41) is 0. The topological polar surface area (TPSA) is 52.6 Å². The van der Waals surface area contributed by atoms with Crippen LogP contribution in [0.2, 0.25) is 0 Å². The zero-order valence-corrected chi connectivity index (χ0v) is 11.9. The summed E-state index contributed by atoms with van der Waals surface area (Å²) in [7, 11) is 0. The second kappa shape index (κ2) is 6.04. The van der Waals surface area contributed by atoms with Gasteiger partial charge in [-0.05, 0) is 19.3 Å². The molecule has 1 aliphatic heterocycles. The van der Waals surface area contributed by atoms with Crippen LogP contribution in [0, 0.1) is 5.41 Å². The molecule has 1 aliphatic rings. The Morgan fingerprint density at radius 1 is 1.11 bits per heavy atom. The zero-order chi connectivity index (χ0) is 14.5. The Balaban J connectivity index is 2.94. The maximum Gasteiger partial charge on any atom is 0.327 e. The fourth-order valence-electron chi connectivity index (χ4n) is 1.98. The summed E-state index contributed by atoms with van der Waals surface area (Å²) in [5.41, 5.74) is -1.28. The molecule has 1 fully saturated rings. The number of hydrogen-bond acceptors (Lipinski definition) is 4. The number of ether oxygens (including phenoxy) is 2. The van der Waals surface area contributed by atoms with Gasteiger partial charge in [0.15, 0.2) is 5.41 Å². The first-order chi connectivity index (χ1) is 8.88. The quantitative estimate of drug-likeness (QED) is 0.421. The molecule has 1 saturated heterocycles. The second-order valence-electron chi connectivity index (χ2n) is 5.22. The smallest absolute Gasteiger partial charge is 0.327 e. The van der Waals surface area contributed by atoms with Crippen molar-refractivity contribution >= 4 is 11.9 Å². The van der Waals surface area contributed by atoms with Crippen molar-refractivity contribution in [3.63, 3.8) is 0 Å². The lowest BCUT2D eigenvalue weighted by Gasteiger charge is -2.39. The normalized spacial score (nSPS) is 21.0. The Bertz CT molecular complexity index is 373. The van der Waals surface area contributed by atoms with Crippen molar-refractivity contribution < 1.29 is 19.1 Å². The van der Waals surface area contributed by atoms with Crippen LogP contribution in [0.5, 0.6) is 0 Å². The van der Waals surface area contributed by atoms with Crippen molar-refractivity contribution in [1.82, 2.24) is 0 Å². The van der Waals surface area contributed by atoms with E-state index in [4.69, 9.17) is 9.47 Å². The highest BCUT2D eigenvalue weighted by Gasteiger charge is 2.54. The van der Waals surface area contributed by atoms with Gasteiger partial charge < -0.3 is 9.47 Å². The van der Waals surface area contributed by atoms with Gasteiger partial charge in [-0.1, -0.05) is 31.6 Å². The summed E-state index contributed by atoms with van der Waals surface area (Å²) < 4.78 is 10.4. The number of rotatable bonds is 6. The van der Waals surface area contributed by atoms with E-state index in [0.717, 1.165) is 12.8 Å². The molecule has 0 atom stereocenters. The highest BCUT2D eigenvalue weighted by molar-refractivity contribution is 6.02. The van der Waals surface area contributed by atoms with E-state index in [1.807, 2.05) is 12.2 Å². The van der Waals surface area contributed by atoms with E-state index in [1.165, 1.54) is 0 Å². The minimum atomic E-state index is -1.28. The molecule has 0 unspecified atom stereocenters. The van der Waals surface area contributed by atoms with Crippen LogP contribution in [0.1, 0.15) is 46.5 Å². The highest BCUT2D eigenvalue weighted by Crippen LogP contribution is 2.38. The third-order valence-electron chi connectivity index (χ3n) is 3.04. The average molecular weight is 266 g/mol. The van der Waals surface area contributed by atoms with E-state index in [9.17, 15) is 9.59 Å². The van der Waals surface area contributed by atoms with E-state index < -0.39 is 23.1 Å². The number of esters is 2. The molecule has 0 aromatic heterocycles. The summed E-state index contributed by atoms with van der Waals surface area (Å²) >= 11 is 0. The first kappa shape index (κ1) is 15.5. The molecular weight excluding hydrogens is 244 g/mol. The molecule has 0 spiro atoms. The molecule has 0 bridgehead atoms. The molecule has 0 saturated carbocycles. The lowest BCUT2D eigenvalue weighted by Crippen LogP contribution is -2.53. The van der Waals surface area contributed by atoms with Gasteiger partial charge in [0.05, 0.1) is 0 Å². The Hall–Kier alpha value is -1.58. The van der Waals surface area contributed by atoms with Gasteiger partial charge in [0.2, 0.25) is 0 Å². The monoisotopic (exact) mass is 266 g/mol. The fraction of sp³-hybridized carbons (Fsp3) is 0.600. The van der Waals surface area contributed by atoms with Crippen LogP contribution in [0.15, 0.2) is 24.8 Å². The SMILES string of the molecule is C=CCC1(C/C=C/CCC)C(=O)OC(C)(C)OC1=O. The first-order valence-corrected chi connectivity index (χ1v) is 6.61. The Morgan fingerprint density at radius 2 is 1.68 bits per heavy atom. The van der Waals surface area contributed by atoms with E-state index in [2.05, 4.69) is 13.5 Å². The number of carbonyl (C=O) groups is 2. The molecule has 0 amide bonds. The number of cyclic esters (lactones) is 2. The van der Waals surface area contributed by atoms with Crippen molar-refractivity contribution in [2.75, 3.05) is 0 Å². The van der Waals surface area contributed by atoms with Crippen LogP contribution in [0.4, 0.5) is 0 Å².